The molecule has 1 aliphatic rings. The minimum Gasteiger partial charge on any atom is -0.330 e. The van der Waals surface area contributed by atoms with Crippen LogP contribution in [0, 0.1) is 6.92 Å². The van der Waals surface area contributed by atoms with E-state index in [2.05, 4.69) is 22.2 Å². The Hall–Kier alpha value is -1.82. The summed E-state index contributed by atoms with van der Waals surface area (Å²) in [5.41, 5.74) is 3.33. The molecule has 0 spiro atoms. The number of nitrogens with one attached hydrogen (secondary N) is 1. The van der Waals surface area contributed by atoms with Gasteiger partial charge in [-0.15, -0.1) is 0 Å². The first kappa shape index (κ1) is 16.1. The summed E-state index contributed by atoms with van der Waals surface area (Å²) in [5.74, 6) is -0.0366. The molecule has 1 amide bonds. The van der Waals surface area contributed by atoms with Crippen molar-refractivity contribution >= 4 is 17.5 Å². The van der Waals surface area contributed by atoms with Crippen LogP contribution in [-0.2, 0) is 13.5 Å². The maximum atomic E-state index is 12.9. The van der Waals surface area contributed by atoms with Crippen molar-refractivity contribution < 1.29 is 4.79 Å². The van der Waals surface area contributed by atoms with E-state index in [0.29, 0.717) is 10.8 Å². The van der Waals surface area contributed by atoms with Gasteiger partial charge in [0.15, 0.2) is 0 Å². The molecule has 0 aromatic carbocycles. The average Bonchev–Trinajstić information content (AvgIpc) is 3.20. The smallest absolute Gasteiger partial charge is 0.274 e. The maximum Gasteiger partial charge on any atom is 0.274 e. The van der Waals surface area contributed by atoms with Gasteiger partial charge in [0.2, 0.25) is 0 Å². The predicted octanol–water partition coefficient (Wildman–Crippen LogP) is 3.03. The summed E-state index contributed by atoms with van der Waals surface area (Å²) in [6.45, 7) is 4.77. The van der Waals surface area contributed by atoms with Gasteiger partial charge >= 0.3 is 0 Å². The molecule has 1 N–H and O–H groups in total. The summed E-state index contributed by atoms with van der Waals surface area (Å²) in [5, 5.41) is 12.1. The fourth-order valence-corrected chi connectivity index (χ4v) is 3.65. The van der Waals surface area contributed by atoms with Gasteiger partial charge in [0.25, 0.3) is 5.91 Å². The lowest BCUT2D eigenvalue weighted by Gasteiger charge is -2.24. The zero-order chi connectivity index (χ0) is 16.6. The summed E-state index contributed by atoms with van der Waals surface area (Å²) in [6, 6.07) is 1.84. The van der Waals surface area contributed by atoms with E-state index < -0.39 is 0 Å². The Balaban J connectivity index is 1.87. The summed E-state index contributed by atoms with van der Waals surface area (Å²) in [7, 11) is 1.82. The Morgan fingerprint density at radius 2 is 2.30 bits per heavy atom. The van der Waals surface area contributed by atoms with E-state index >= 15 is 0 Å². The molecule has 23 heavy (non-hydrogen) atoms. The summed E-state index contributed by atoms with van der Waals surface area (Å²) in [6.07, 6.45) is 3.79. The summed E-state index contributed by atoms with van der Waals surface area (Å²) < 4.78 is 1.67. The van der Waals surface area contributed by atoms with Crippen LogP contribution in [0.4, 0.5) is 0 Å². The Labute approximate surface area is 140 Å². The molecule has 3 rings (SSSR count). The molecular weight excluding hydrogens is 314 g/mol. The van der Waals surface area contributed by atoms with Crippen LogP contribution in [0.1, 0.15) is 59.7 Å². The molecule has 1 atom stereocenters. The Morgan fingerprint density at radius 3 is 2.96 bits per heavy atom. The number of carbonyl (C=O) groups is 1. The van der Waals surface area contributed by atoms with Crippen molar-refractivity contribution in [1.82, 2.24) is 24.9 Å². The van der Waals surface area contributed by atoms with Crippen molar-refractivity contribution in [2.24, 2.45) is 7.05 Å². The van der Waals surface area contributed by atoms with Gasteiger partial charge in [-0.3, -0.25) is 14.6 Å². The van der Waals surface area contributed by atoms with E-state index in [-0.39, 0.29) is 11.9 Å². The second-order valence-corrected chi connectivity index (χ2v) is 6.46. The number of aromatic nitrogens is 4. The van der Waals surface area contributed by atoms with Crippen LogP contribution in [0.25, 0.3) is 0 Å². The monoisotopic (exact) mass is 335 g/mol. The van der Waals surface area contributed by atoms with E-state index in [0.717, 1.165) is 49.2 Å². The number of amides is 1. The first-order valence-electron chi connectivity index (χ1n) is 8.07. The molecule has 7 heteroatoms. The lowest BCUT2D eigenvalue weighted by atomic mass is 10.1. The maximum absolute atomic E-state index is 12.9. The van der Waals surface area contributed by atoms with E-state index in [9.17, 15) is 4.79 Å². The topological polar surface area (TPSA) is 66.8 Å². The fraction of sp³-hybridized carbons (Fsp3) is 0.562. The van der Waals surface area contributed by atoms with E-state index in [1.165, 1.54) is 0 Å². The first-order valence-corrected chi connectivity index (χ1v) is 8.45. The van der Waals surface area contributed by atoms with Crippen molar-refractivity contribution in [3.05, 3.63) is 33.9 Å². The quantitative estimate of drug-likeness (QED) is 0.933. The van der Waals surface area contributed by atoms with Crippen LogP contribution in [0.15, 0.2) is 6.07 Å². The van der Waals surface area contributed by atoms with Gasteiger partial charge in [0.1, 0.15) is 10.8 Å². The zero-order valence-electron chi connectivity index (χ0n) is 13.8. The molecule has 0 unspecified atom stereocenters. The van der Waals surface area contributed by atoms with Gasteiger partial charge in [-0.2, -0.15) is 10.2 Å². The SMILES string of the molecule is CCCc1cc(C(=O)N2CCC[C@@H]2c2c(C)nn(C)c2Cl)n[nH]1. The van der Waals surface area contributed by atoms with Crippen molar-refractivity contribution in [3.63, 3.8) is 0 Å². The minimum absolute atomic E-state index is 0.0185. The van der Waals surface area contributed by atoms with Crippen LogP contribution in [0.2, 0.25) is 5.15 Å². The number of H-pyrrole nitrogens is 1. The second-order valence-electron chi connectivity index (χ2n) is 6.10. The van der Waals surface area contributed by atoms with Gasteiger partial charge in [0.05, 0.1) is 11.7 Å². The van der Waals surface area contributed by atoms with Crippen LogP contribution in [-0.4, -0.2) is 37.3 Å². The molecule has 124 valence electrons. The highest BCUT2D eigenvalue weighted by molar-refractivity contribution is 6.30. The third-order valence-electron chi connectivity index (χ3n) is 4.41. The molecular formula is C16H22ClN5O. The number of nitrogens with zero attached hydrogens (tertiary/aromatic N) is 4. The highest BCUT2D eigenvalue weighted by atomic mass is 35.5. The van der Waals surface area contributed by atoms with Gasteiger partial charge in [-0.1, -0.05) is 24.9 Å². The summed E-state index contributed by atoms with van der Waals surface area (Å²) >= 11 is 6.40. The van der Waals surface area contributed by atoms with Crippen molar-refractivity contribution in [2.75, 3.05) is 6.54 Å². The molecule has 0 aliphatic carbocycles. The molecule has 2 aromatic rings. The number of likely N-dealkylation sites (tertiary alicyclic amines) is 1. The van der Waals surface area contributed by atoms with Crippen LogP contribution >= 0.6 is 11.6 Å². The van der Waals surface area contributed by atoms with Gasteiger partial charge < -0.3 is 4.90 Å². The summed E-state index contributed by atoms with van der Waals surface area (Å²) in [4.78, 5) is 14.7. The van der Waals surface area contributed by atoms with E-state index in [1.807, 2.05) is 24.9 Å². The molecule has 3 heterocycles. The van der Waals surface area contributed by atoms with E-state index in [1.54, 1.807) is 4.68 Å². The average molecular weight is 336 g/mol. The molecule has 1 aliphatic heterocycles. The van der Waals surface area contributed by atoms with Gasteiger partial charge in [-0.05, 0) is 32.3 Å². The largest absolute Gasteiger partial charge is 0.330 e. The molecule has 0 saturated carbocycles. The highest BCUT2D eigenvalue weighted by Gasteiger charge is 2.35. The van der Waals surface area contributed by atoms with Gasteiger partial charge in [-0.25, -0.2) is 0 Å². The molecule has 6 nitrogen and oxygen atoms in total. The fourth-order valence-electron chi connectivity index (χ4n) is 3.35. The lowest BCUT2D eigenvalue weighted by Crippen LogP contribution is -2.31. The van der Waals surface area contributed by atoms with Crippen LogP contribution < -0.4 is 0 Å². The Morgan fingerprint density at radius 1 is 1.52 bits per heavy atom. The number of carbonyl (C=O) groups excluding carboxylic acids is 1. The Bertz CT molecular complexity index is 720. The molecule has 0 bridgehead atoms. The number of aromatic amines is 1. The predicted molar refractivity (Wildman–Crippen MR) is 88.5 cm³/mol. The van der Waals surface area contributed by atoms with Crippen molar-refractivity contribution in [2.45, 2.75) is 45.6 Å². The number of halogens is 1. The highest BCUT2D eigenvalue weighted by Crippen LogP contribution is 2.38. The first-order chi connectivity index (χ1) is 11.0. The molecule has 0 radical (unpaired) electrons. The van der Waals surface area contributed by atoms with Crippen molar-refractivity contribution in [3.8, 4) is 0 Å². The third-order valence-corrected chi connectivity index (χ3v) is 4.86. The normalized spacial score (nSPS) is 17.9. The molecule has 1 fully saturated rings. The second kappa shape index (κ2) is 6.35. The third kappa shape index (κ3) is 2.87. The minimum atomic E-state index is -0.0366. The molecule has 1 saturated heterocycles. The Kier molecular flexibility index (Phi) is 4.43. The lowest BCUT2D eigenvalue weighted by molar-refractivity contribution is 0.0729. The zero-order valence-corrected chi connectivity index (χ0v) is 14.5. The number of rotatable bonds is 4. The number of hydrogen-bond donors (Lipinski definition) is 1. The number of aryl methyl sites for hydroxylation is 3. The number of hydrogen-bond acceptors (Lipinski definition) is 3. The van der Waals surface area contributed by atoms with Crippen molar-refractivity contribution in [1.29, 1.82) is 0 Å². The van der Waals surface area contributed by atoms with Gasteiger partial charge in [0, 0.05) is 24.8 Å². The van der Waals surface area contributed by atoms with E-state index in [4.69, 9.17) is 11.6 Å². The van der Waals surface area contributed by atoms with Crippen LogP contribution in [0.3, 0.4) is 0 Å². The molecule has 2 aromatic heterocycles. The van der Waals surface area contributed by atoms with Crippen LogP contribution in [0.5, 0.6) is 0 Å². The standard InChI is InChI=1S/C16H22ClN5O/c1-4-6-11-9-12(19-18-11)16(23)22-8-5-7-13(22)14-10(2)20-21(3)15(14)17/h9,13H,4-8H2,1-3H3,(H,18,19)/t13-/m1/s1.